The molecule has 1 aromatic carbocycles. The Balaban J connectivity index is 1.98. The molecule has 1 unspecified atom stereocenters. The fourth-order valence-corrected chi connectivity index (χ4v) is 4.41. The Kier molecular flexibility index (Phi) is 7.79. The zero-order chi connectivity index (χ0) is 20.0. The molecule has 1 aromatic rings. The SMILES string of the molecule is CC(C)NS(=O)(=O)c1ccc(C(=O)NCC(C(C)C)N2CCOCC2)cc1. The molecule has 152 valence electrons. The van der Waals surface area contributed by atoms with E-state index in [4.69, 9.17) is 4.74 Å². The van der Waals surface area contributed by atoms with Gasteiger partial charge in [-0.1, -0.05) is 13.8 Å². The topological polar surface area (TPSA) is 87.7 Å². The smallest absolute Gasteiger partial charge is 0.251 e. The van der Waals surface area contributed by atoms with Gasteiger partial charge in [-0.05, 0) is 44.0 Å². The molecule has 1 saturated heterocycles. The molecule has 27 heavy (non-hydrogen) atoms. The number of ether oxygens (including phenoxy) is 1. The Hall–Kier alpha value is -1.48. The van der Waals surface area contributed by atoms with Gasteiger partial charge in [0, 0.05) is 37.3 Å². The van der Waals surface area contributed by atoms with E-state index in [-0.39, 0.29) is 22.9 Å². The Labute approximate surface area is 162 Å². The van der Waals surface area contributed by atoms with E-state index in [1.165, 1.54) is 12.1 Å². The van der Waals surface area contributed by atoms with Crippen LogP contribution in [0, 0.1) is 5.92 Å². The number of nitrogens with zero attached hydrogens (tertiary/aromatic N) is 1. The van der Waals surface area contributed by atoms with Gasteiger partial charge >= 0.3 is 0 Å². The highest BCUT2D eigenvalue weighted by Crippen LogP contribution is 2.14. The quantitative estimate of drug-likeness (QED) is 0.693. The Morgan fingerprint density at radius 1 is 1.11 bits per heavy atom. The van der Waals surface area contributed by atoms with Crippen LogP contribution in [0.15, 0.2) is 29.2 Å². The fourth-order valence-electron chi connectivity index (χ4n) is 3.16. The molecule has 0 aliphatic carbocycles. The first-order valence-corrected chi connectivity index (χ1v) is 10.9. The molecule has 1 aliphatic rings. The molecule has 0 radical (unpaired) electrons. The van der Waals surface area contributed by atoms with Crippen LogP contribution >= 0.6 is 0 Å². The summed E-state index contributed by atoms with van der Waals surface area (Å²) in [6.45, 7) is 11.5. The first kappa shape index (κ1) is 21.8. The van der Waals surface area contributed by atoms with Crippen LogP contribution in [0.1, 0.15) is 38.1 Å². The molecular formula is C19H31N3O4S. The number of amides is 1. The Morgan fingerprint density at radius 3 is 2.22 bits per heavy atom. The van der Waals surface area contributed by atoms with Crippen LogP contribution in [-0.2, 0) is 14.8 Å². The maximum Gasteiger partial charge on any atom is 0.251 e. The lowest BCUT2D eigenvalue weighted by Gasteiger charge is -2.36. The zero-order valence-corrected chi connectivity index (χ0v) is 17.4. The molecule has 1 fully saturated rings. The van der Waals surface area contributed by atoms with Crippen LogP contribution in [0.5, 0.6) is 0 Å². The highest BCUT2D eigenvalue weighted by atomic mass is 32.2. The summed E-state index contributed by atoms with van der Waals surface area (Å²) in [7, 11) is -3.55. The average Bonchev–Trinajstić information content (AvgIpc) is 2.61. The number of morpholine rings is 1. The lowest BCUT2D eigenvalue weighted by molar-refractivity contribution is 0.00672. The lowest BCUT2D eigenvalue weighted by atomic mass is 10.0. The monoisotopic (exact) mass is 397 g/mol. The van der Waals surface area contributed by atoms with Crippen molar-refractivity contribution in [3.63, 3.8) is 0 Å². The van der Waals surface area contributed by atoms with E-state index in [2.05, 4.69) is 28.8 Å². The molecular weight excluding hydrogens is 366 g/mol. The maximum atomic E-state index is 12.5. The van der Waals surface area contributed by atoms with Gasteiger partial charge in [0.15, 0.2) is 0 Å². The molecule has 8 heteroatoms. The lowest BCUT2D eigenvalue weighted by Crippen LogP contribution is -2.51. The minimum atomic E-state index is -3.55. The average molecular weight is 398 g/mol. The normalized spacial score (nSPS) is 17.3. The summed E-state index contributed by atoms with van der Waals surface area (Å²) in [4.78, 5) is 15.0. The second-order valence-electron chi connectivity index (χ2n) is 7.47. The summed E-state index contributed by atoms with van der Waals surface area (Å²) in [5.41, 5.74) is 0.447. The van der Waals surface area contributed by atoms with E-state index in [0.717, 1.165) is 26.3 Å². The highest BCUT2D eigenvalue weighted by Gasteiger charge is 2.24. The first-order valence-electron chi connectivity index (χ1n) is 9.43. The van der Waals surface area contributed by atoms with Crippen molar-refractivity contribution in [1.29, 1.82) is 0 Å². The number of hydrogen-bond acceptors (Lipinski definition) is 5. The van der Waals surface area contributed by atoms with Gasteiger partial charge in [-0.15, -0.1) is 0 Å². The van der Waals surface area contributed by atoms with Gasteiger partial charge in [0.2, 0.25) is 10.0 Å². The van der Waals surface area contributed by atoms with Gasteiger partial charge in [-0.2, -0.15) is 0 Å². The second-order valence-corrected chi connectivity index (χ2v) is 9.18. The molecule has 0 saturated carbocycles. The Bertz CT molecular complexity index is 711. The molecule has 2 rings (SSSR count). The van der Waals surface area contributed by atoms with Crippen LogP contribution in [0.3, 0.4) is 0 Å². The van der Waals surface area contributed by atoms with Crippen molar-refractivity contribution in [2.75, 3.05) is 32.8 Å². The van der Waals surface area contributed by atoms with Gasteiger partial charge in [0.25, 0.3) is 5.91 Å². The summed E-state index contributed by atoms with van der Waals surface area (Å²) in [6.07, 6.45) is 0. The van der Waals surface area contributed by atoms with Gasteiger partial charge < -0.3 is 10.1 Å². The summed E-state index contributed by atoms with van der Waals surface area (Å²) in [6, 6.07) is 6.06. The molecule has 1 amide bonds. The van der Waals surface area contributed by atoms with E-state index in [1.807, 2.05) is 0 Å². The van der Waals surface area contributed by atoms with Gasteiger partial charge in [0.1, 0.15) is 0 Å². The molecule has 2 N–H and O–H groups in total. The number of hydrogen-bond donors (Lipinski definition) is 2. The van der Waals surface area contributed by atoms with Crippen molar-refractivity contribution in [3.8, 4) is 0 Å². The standard InChI is InChI=1S/C19H31N3O4S/c1-14(2)18(22-9-11-26-12-10-22)13-20-19(23)16-5-7-17(8-6-16)27(24,25)21-15(3)4/h5-8,14-15,18,21H,9-13H2,1-4H3,(H,20,23). The van der Waals surface area contributed by atoms with Gasteiger partial charge in [-0.3, -0.25) is 9.69 Å². The van der Waals surface area contributed by atoms with Crippen LogP contribution in [-0.4, -0.2) is 64.2 Å². The number of nitrogens with one attached hydrogen (secondary N) is 2. The predicted octanol–water partition coefficient (Wildman–Crippen LogP) is 1.46. The third-order valence-corrected chi connectivity index (χ3v) is 6.25. The third-order valence-electron chi connectivity index (χ3n) is 4.57. The van der Waals surface area contributed by atoms with E-state index in [1.54, 1.807) is 26.0 Å². The van der Waals surface area contributed by atoms with Crippen LogP contribution in [0.2, 0.25) is 0 Å². The fraction of sp³-hybridized carbons (Fsp3) is 0.632. The molecule has 1 heterocycles. The number of benzene rings is 1. The van der Waals surface area contributed by atoms with Crippen molar-refractivity contribution in [3.05, 3.63) is 29.8 Å². The summed E-state index contributed by atoms with van der Waals surface area (Å²) < 4.78 is 32.3. The second kappa shape index (κ2) is 9.64. The minimum Gasteiger partial charge on any atom is -0.379 e. The van der Waals surface area contributed by atoms with E-state index in [0.29, 0.717) is 18.0 Å². The molecule has 0 spiro atoms. The van der Waals surface area contributed by atoms with Crippen LogP contribution in [0.4, 0.5) is 0 Å². The zero-order valence-electron chi connectivity index (χ0n) is 16.6. The largest absolute Gasteiger partial charge is 0.379 e. The van der Waals surface area contributed by atoms with Crippen molar-refractivity contribution in [1.82, 2.24) is 14.9 Å². The van der Waals surface area contributed by atoms with Crippen LogP contribution < -0.4 is 10.0 Å². The molecule has 1 atom stereocenters. The summed E-state index contributed by atoms with van der Waals surface area (Å²) in [5.74, 6) is 0.202. The number of rotatable bonds is 8. The number of carbonyl (C=O) groups excluding carboxylic acids is 1. The molecule has 0 aromatic heterocycles. The predicted molar refractivity (Wildman–Crippen MR) is 105 cm³/mol. The summed E-state index contributed by atoms with van der Waals surface area (Å²) >= 11 is 0. The van der Waals surface area contributed by atoms with Crippen molar-refractivity contribution >= 4 is 15.9 Å². The van der Waals surface area contributed by atoms with E-state index < -0.39 is 10.0 Å². The number of carbonyl (C=O) groups is 1. The molecule has 7 nitrogen and oxygen atoms in total. The molecule has 1 aliphatic heterocycles. The minimum absolute atomic E-state index is 0.154. The number of sulfonamides is 1. The summed E-state index contributed by atoms with van der Waals surface area (Å²) in [5, 5.41) is 2.98. The van der Waals surface area contributed by atoms with Crippen molar-refractivity contribution in [2.45, 2.75) is 44.7 Å². The maximum absolute atomic E-state index is 12.5. The Morgan fingerprint density at radius 2 is 1.70 bits per heavy atom. The molecule has 0 bridgehead atoms. The third kappa shape index (κ3) is 6.27. The van der Waals surface area contributed by atoms with Crippen molar-refractivity contribution in [2.24, 2.45) is 5.92 Å². The van der Waals surface area contributed by atoms with Crippen molar-refractivity contribution < 1.29 is 17.9 Å². The highest BCUT2D eigenvalue weighted by molar-refractivity contribution is 7.89. The van der Waals surface area contributed by atoms with E-state index >= 15 is 0 Å². The van der Waals surface area contributed by atoms with Gasteiger partial charge in [-0.25, -0.2) is 13.1 Å². The van der Waals surface area contributed by atoms with Crippen LogP contribution in [0.25, 0.3) is 0 Å². The first-order chi connectivity index (χ1) is 12.7. The van der Waals surface area contributed by atoms with Gasteiger partial charge in [0.05, 0.1) is 18.1 Å². The van der Waals surface area contributed by atoms with E-state index in [9.17, 15) is 13.2 Å².